The summed E-state index contributed by atoms with van der Waals surface area (Å²) in [5, 5.41) is 9.97. The predicted molar refractivity (Wildman–Crippen MR) is 71.1 cm³/mol. The fraction of sp³-hybridized carbons (Fsp3) is 0.538. The van der Waals surface area contributed by atoms with E-state index in [-0.39, 0.29) is 6.04 Å². The molecule has 0 saturated heterocycles. The average Bonchev–Trinajstić information content (AvgIpc) is 2.24. The van der Waals surface area contributed by atoms with Gasteiger partial charge in [-0.2, -0.15) is 0 Å². The molecule has 16 heavy (non-hydrogen) atoms. The summed E-state index contributed by atoms with van der Waals surface area (Å²) in [5.41, 5.74) is 7.00. The third-order valence-corrected chi connectivity index (χ3v) is 3.18. The van der Waals surface area contributed by atoms with E-state index in [4.69, 9.17) is 5.73 Å². The Morgan fingerprint density at radius 2 is 2.00 bits per heavy atom. The zero-order valence-electron chi connectivity index (χ0n) is 9.86. The van der Waals surface area contributed by atoms with E-state index >= 15 is 0 Å². The van der Waals surface area contributed by atoms with Crippen LogP contribution >= 0.6 is 15.9 Å². The zero-order valence-corrected chi connectivity index (χ0v) is 11.4. The molecule has 0 amide bonds. The first-order valence-corrected chi connectivity index (χ1v) is 6.49. The normalized spacial score (nSPS) is 15.1. The quantitative estimate of drug-likeness (QED) is 0.872. The van der Waals surface area contributed by atoms with Crippen LogP contribution in [0, 0.1) is 5.92 Å². The van der Waals surface area contributed by atoms with Gasteiger partial charge in [0.15, 0.2) is 0 Å². The Bertz CT molecular complexity index is 327. The van der Waals surface area contributed by atoms with Crippen molar-refractivity contribution >= 4 is 15.9 Å². The van der Waals surface area contributed by atoms with Crippen LogP contribution in [0.4, 0.5) is 0 Å². The van der Waals surface area contributed by atoms with Crippen molar-refractivity contribution in [1.82, 2.24) is 0 Å². The Balaban J connectivity index is 2.59. The summed E-state index contributed by atoms with van der Waals surface area (Å²) >= 11 is 3.40. The maximum atomic E-state index is 9.97. The largest absolute Gasteiger partial charge is 0.391 e. The van der Waals surface area contributed by atoms with Crippen LogP contribution in [-0.2, 0) is 0 Å². The van der Waals surface area contributed by atoms with Crippen LogP contribution in [0.25, 0.3) is 0 Å². The van der Waals surface area contributed by atoms with Crippen LogP contribution in [0.1, 0.15) is 38.3 Å². The maximum Gasteiger partial charge on any atom is 0.0732 e. The number of aliphatic hydroxyl groups excluding tert-OH is 1. The summed E-state index contributed by atoms with van der Waals surface area (Å²) in [7, 11) is 0. The van der Waals surface area contributed by atoms with Gasteiger partial charge in [-0.15, -0.1) is 0 Å². The van der Waals surface area contributed by atoms with Gasteiger partial charge in [-0.3, -0.25) is 0 Å². The monoisotopic (exact) mass is 285 g/mol. The second-order valence-corrected chi connectivity index (χ2v) is 5.54. The molecule has 3 heteroatoms. The van der Waals surface area contributed by atoms with Crippen LogP contribution in [0.3, 0.4) is 0 Å². The number of aliphatic hydroxyl groups is 1. The molecule has 0 heterocycles. The summed E-state index contributed by atoms with van der Waals surface area (Å²) in [6.07, 6.45) is 1.30. The molecule has 2 atom stereocenters. The lowest BCUT2D eigenvalue weighted by Crippen LogP contribution is -2.26. The first-order valence-electron chi connectivity index (χ1n) is 5.70. The van der Waals surface area contributed by atoms with Crippen LogP contribution < -0.4 is 5.73 Å². The number of hydrogen-bond acceptors (Lipinski definition) is 2. The van der Waals surface area contributed by atoms with Gasteiger partial charge in [-0.1, -0.05) is 41.9 Å². The molecule has 90 valence electrons. The Kier molecular flexibility index (Phi) is 5.46. The standard InChI is InChI=1S/C13H20BrNO/c1-9(2)6-7-12(16)13(15)10-4-3-5-11(14)8-10/h3-5,8-9,12-13,16H,6-7,15H2,1-2H3/t12-,13+/m0/s1. The predicted octanol–water partition coefficient (Wildman–Crippen LogP) is 3.25. The van der Waals surface area contributed by atoms with Gasteiger partial charge in [0.25, 0.3) is 0 Å². The van der Waals surface area contributed by atoms with E-state index in [0.717, 1.165) is 22.9 Å². The number of benzene rings is 1. The first-order chi connectivity index (χ1) is 7.50. The van der Waals surface area contributed by atoms with Gasteiger partial charge in [-0.05, 0) is 36.5 Å². The van der Waals surface area contributed by atoms with Gasteiger partial charge in [0.2, 0.25) is 0 Å². The fourth-order valence-corrected chi connectivity index (χ4v) is 2.04. The van der Waals surface area contributed by atoms with Crippen LogP contribution in [0.15, 0.2) is 28.7 Å². The Labute approximate surface area is 106 Å². The first kappa shape index (κ1) is 13.7. The third-order valence-electron chi connectivity index (χ3n) is 2.69. The summed E-state index contributed by atoms with van der Waals surface area (Å²) in [5.74, 6) is 0.601. The Hall–Kier alpha value is -0.380. The minimum absolute atomic E-state index is 0.295. The highest BCUT2D eigenvalue weighted by atomic mass is 79.9. The van der Waals surface area contributed by atoms with Crippen molar-refractivity contribution in [3.05, 3.63) is 34.3 Å². The molecule has 0 aliphatic carbocycles. The topological polar surface area (TPSA) is 46.2 Å². The molecule has 0 spiro atoms. The number of hydrogen-bond donors (Lipinski definition) is 2. The van der Waals surface area contributed by atoms with Crippen molar-refractivity contribution in [3.8, 4) is 0 Å². The number of nitrogens with two attached hydrogens (primary N) is 1. The maximum absolute atomic E-state index is 9.97. The molecule has 0 saturated carbocycles. The molecule has 0 aliphatic rings. The highest BCUT2D eigenvalue weighted by Gasteiger charge is 2.16. The molecule has 1 rings (SSSR count). The Morgan fingerprint density at radius 3 is 2.56 bits per heavy atom. The van der Waals surface area contributed by atoms with E-state index < -0.39 is 6.10 Å². The van der Waals surface area contributed by atoms with Crippen molar-refractivity contribution in [2.24, 2.45) is 11.7 Å². The SMILES string of the molecule is CC(C)CC[C@H](O)[C@H](N)c1cccc(Br)c1. The van der Waals surface area contributed by atoms with Crippen LogP contribution in [0.5, 0.6) is 0 Å². The minimum Gasteiger partial charge on any atom is -0.391 e. The molecular formula is C13H20BrNO. The third kappa shape index (κ3) is 4.24. The van der Waals surface area contributed by atoms with Crippen molar-refractivity contribution in [3.63, 3.8) is 0 Å². The van der Waals surface area contributed by atoms with Crippen molar-refractivity contribution in [2.75, 3.05) is 0 Å². The summed E-state index contributed by atoms with van der Waals surface area (Å²) in [4.78, 5) is 0. The zero-order chi connectivity index (χ0) is 12.1. The van der Waals surface area contributed by atoms with E-state index in [0.29, 0.717) is 5.92 Å². The molecular weight excluding hydrogens is 266 g/mol. The van der Waals surface area contributed by atoms with E-state index in [1.807, 2.05) is 24.3 Å². The molecule has 2 nitrogen and oxygen atoms in total. The lowest BCUT2D eigenvalue weighted by molar-refractivity contribution is 0.128. The second-order valence-electron chi connectivity index (χ2n) is 4.62. The molecule has 3 N–H and O–H groups in total. The van der Waals surface area contributed by atoms with Gasteiger partial charge in [0.1, 0.15) is 0 Å². The van der Waals surface area contributed by atoms with E-state index in [2.05, 4.69) is 29.8 Å². The second kappa shape index (κ2) is 6.38. The molecule has 0 aromatic heterocycles. The minimum atomic E-state index is -0.461. The van der Waals surface area contributed by atoms with E-state index in [1.165, 1.54) is 0 Å². The molecule has 0 unspecified atom stereocenters. The summed E-state index contributed by atoms with van der Waals surface area (Å²) < 4.78 is 0.997. The fourth-order valence-electron chi connectivity index (χ4n) is 1.62. The molecule has 0 fully saturated rings. The Morgan fingerprint density at radius 1 is 1.31 bits per heavy atom. The van der Waals surface area contributed by atoms with Crippen molar-refractivity contribution < 1.29 is 5.11 Å². The molecule has 0 radical (unpaired) electrons. The number of halogens is 1. The van der Waals surface area contributed by atoms with Gasteiger partial charge in [0, 0.05) is 4.47 Å². The molecule has 1 aromatic carbocycles. The van der Waals surface area contributed by atoms with Crippen molar-refractivity contribution in [1.29, 1.82) is 0 Å². The molecule has 0 bridgehead atoms. The lowest BCUT2D eigenvalue weighted by Gasteiger charge is -2.20. The molecule has 0 aliphatic heterocycles. The smallest absolute Gasteiger partial charge is 0.0732 e. The highest BCUT2D eigenvalue weighted by Crippen LogP contribution is 2.22. The summed E-state index contributed by atoms with van der Waals surface area (Å²) in [6.45, 7) is 4.30. The average molecular weight is 286 g/mol. The van der Waals surface area contributed by atoms with E-state index in [1.54, 1.807) is 0 Å². The summed E-state index contributed by atoms with van der Waals surface area (Å²) in [6, 6.07) is 7.51. The van der Waals surface area contributed by atoms with Crippen LogP contribution in [0.2, 0.25) is 0 Å². The highest BCUT2D eigenvalue weighted by molar-refractivity contribution is 9.10. The van der Waals surface area contributed by atoms with Gasteiger partial charge in [-0.25, -0.2) is 0 Å². The number of rotatable bonds is 5. The van der Waals surface area contributed by atoms with Gasteiger partial charge in [0.05, 0.1) is 12.1 Å². The van der Waals surface area contributed by atoms with Gasteiger partial charge < -0.3 is 10.8 Å². The lowest BCUT2D eigenvalue weighted by atomic mass is 9.96. The van der Waals surface area contributed by atoms with Crippen LogP contribution in [-0.4, -0.2) is 11.2 Å². The van der Waals surface area contributed by atoms with Crippen molar-refractivity contribution in [2.45, 2.75) is 38.8 Å². The molecule has 1 aromatic rings. The van der Waals surface area contributed by atoms with Gasteiger partial charge >= 0.3 is 0 Å². The van der Waals surface area contributed by atoms with E-state index in [9.17, 15) is 5.11 Å².